The first-order chi connectivity index (χ1) is 9.17. The maximum absolute atomic E-state index is 11.0. The van der Waals surface area contributed by atoms with Crippen molar-refractivity contribution in [2.24, 2.45) is 0 Å². The highest BCUT2D eigenvalue weighted by Gasteiger charge is 2.06. The van der Waals surface area contributed by atoms with Crippen molar-refractivity contribution in [1.82, 2.24) is 4.98 Å². The lowest BCUT2D eigenvalue weighted by molar-refractivity contribution is -0.140. The molecule has 1 N–H and O–H groups in total. The molecule has 2 heterocycles. The number of ether oxygens (including phenoxy) is 1. The van der Waals surface area contributed by atoms with E-state index in [9.17, 15) is 4.79 Å². The Bertz CT molecular complexity index is 548. The Labute approximate surface area is 115 Å². The fourth-order valence-electron chi connectivity index (χ4n) is 1.58. The van der Waals surface area contributed by atoms with E-state index in [1.165, 1.54) is 18.4 Å². The number of nitrogens with one attached hydrogen (secondary N) is 1. The van der Waals surface area contributed by atoms with Crippen LogP contribution in [0.4, 0.5) is 5.13 Å². The number of aryl methyl sites for hydroxylation is 2. The van der Waals surface area contributed by atoms with E-state index in [2.05, 4.69) is 15.0 Å². The van der Waals surface area contributed by atoms with E-state index in [1.54, 1.807) is 0 Å². The van der Waals surface area contributed by atoms with Gasteiger partial charge in [-0.05, 0) is 19.1 Å². The van der Waals surface area contributed by atoms with Crippen molar-refractivity contribution in [3.8, 4) is 0 Å². The topological polar surface area (TPSA) is 64.4 Å². The summed E-state index contributed by atoms with van der Waals surface area (Å²) in [6, 6.07) is 3.87. The van der Waals surface area contributed by atoms with Crippen LogP contribution in [0.1, 0.15) is 23.6 Å². The Balaban J connectivity index is 1.82. The van der Waals surface area contributed by atoms with Crippen LogP contribution in [0.3, 0.4) is 0 Å². The maximum Gasteiger partial charge on any atom is 0.305 e. The second-order valence-corrected chi connectivity index (χ2v) is 4.94. The van der Waals surface area contributed by atoms with Crippen LogP contribution >= 0.6 is 11.3 Å². The Morgan fingerprint density at radius 2 is 2.37 bits per heavy atom. The molecule has 0 amide bonds. The van der Waals surface area contributed by atoms with E-state index in [1.807, 2.05) is 24.4 Å². The summed E-state index contributed by atoms with van der Waals surface area (Å²) in [7, 11) is 1.39. The van der Waals surface area contributed by atoms with Crippen LogP contribution in [0.25, 0.3) is 0 Å². The minimum absolute atomic E-state index is 0.214. The molecule has 0 radical (unpaired) electrons. The van der Waals surface area contributed by atoms with Gasteiger partial charge in [0.25, 0.3) is 0 Å². The molecule has 0 aliphatic carbocycles. The molecule has 0 aliphatic heterocycles. The lowest BCUT2D eigenvalue weighted by Gasteiger charge is -1.99. The van der Waals surface area contributed by atoms with Crippen molar-refractivity contribution in [1.29, 1.82) is 0 Å². The monoisotopic (exact) mass is 280 g/mol. The number of hydrogen-bond acceptors (Lipinski definition) is 6. The van der Waals surface area contributed by atoms with Gasteiger partial charge >= 0.3 is 5.97 Å². The van der Waals surface area contributed by atoms with E-state index in [4.69, 9.17) is 4.42 Å². The zero-order valence-electron chi connectivity index (χ0n) is 10.9. The lowest BCUT2D eigenvalue weighted by Crippen LogP contribution is -2.02. The van der Waals surface area contributed by atoms with Gasteiger partial charge < -0.3 is 14.5 Å². The summed E-state index contributed by atoms with van der Waals surface area (Å²) in [6.07, 6.45) is 0.960. The summed E-state index contributed by atoms with van der Waals surface area (Å²) in [5.74, 6) is 1.56. The second-order valence-electron chi connectivity index (χ2n) is 4.09. The minimum atomic E-state index is -0.214. The van der Waals surface area contributed by atoms with Crippen LogP contribution in [0.2, 0.25) is 0 Å². The maximum atomic E-state index is 11.0. The number of rotatable bonds is 6. The fraction of sp³-hybridized carbons (Fsp3) is 0.385. The average molecular weight is 280 g/mol. The Morgan fingerprint density at radius 3 is 3.05 bits per heavy atom. The van der Waals surface area contributed by atoms with E-state index < -0.39 is 0 Å². The first kappa shape index (κ1) is 13.6. The third kappa shape index (κ3) is 4.10. The molecule has 0 aliphatic rings. The molecule has 5 nitrogen and oxygen atoms in total. The van der Waals surface area contributed by atoms with E-state index in [0.717, 1.165) is 22.3 Å². The SMILES string of the molecule is COC(=O)CCc1csc(NCc2ccc(C)o2)n1. The molecule has 0 spiro atoms. The number of carbonyl (C=O) groups is 1. The first-order valence-corrected chi connectivity index (χ1v) is 6.86. The van der Waals surface area contributed by atoms with E-state index >= 15 is 0 Å². The zero-order valence-corrected chi connectivity index (χ0v) is 11.8. The van der Waals surface area contributed by atoms with Crippen LogP contribution < -0.4 is 5.32 Å². The normalized spacial score (nSPS) is 10.4. The number of hydrogen-bond donors (Lipinski definition) is 1. The Kier molecular flexibility index (Phi) is 4.57. The molecule has 0 bridgehead atoms. The predicted octanol–water partition coefficient (Wildman–Crippen LogP) is 2.76. The largest absolute Gasteiger partial charge is 0.469 e. The van der Waals surface area contributed by atoms with Gasteiger partial charge in [0.1, 0.15) is 11.5 Å². The number of methoxy groups -OCH3 is 1. The number of esters is 1. The molecule has 0 fully saturated rings. The lowest BCUT2D eigenvalue weighted by atomic mass is 10.2. The third-order valence-corrected chi connectivity index (χ3v) is 3.42. The summed E-state index contributed by atoms with van der Waals surface area (Å²) in [4.78, 5) is 15.4. The van der Waals surface area contributed by atoms with E-state index in [-0.39, 0.29) is 5.97 Å². The smallest absolute Gasteiger partial charge is 0.305 e. The summed E-state index contributed by atoms with van der Waals surface area (Å²) in [5, 5.41) is 5.96. The fourth-order valence-corrected chi connectivity index (χ4v) is 2.32. The highest BCUT2D eigenvalue weighted by molar-refractivity contribution is 7.13. The summed E-state index contributed by atoms with van der Waals surface area (Å²) < 4.78 is 10.1. The van der Waals surface area contributed by atoms with Crippen molar-refractivity contribution < 1.29 is 13.9 Å². The first-order valence-electron chi connectivity index (χ1n) is 5.98. The van der Waals surface area contributed by atoms with Crippen LogP contribution in [0.5, 0.6) is 0 Å². The van der Waals surface area contributed by atoms with Crippen LogP contribution in [-0.2, 0) is 22.5 Å². The van der Waals surface area contributed by atoms with Gasteiger partial charge in [-0.15, -0.1) is 11.3 Å². The van der Waals surface area contributed by atoms with Gasteiger partial charge in [-0.3, -0.25) is 4.79 Å². The van der Waals surface area contributed by atoms with Crippen molar-refractivity contribution in [3.63, 3.8) is 0 Å². The molecule has 2 aromatic heterocycles. The van der Waals surface area contributed by atoms with Gasteiger partial charge in [0.15, 0.2) is 5.13 Å². The minimum Gasteiger partial charge on any atom is -0.469 e. The van der Waals surface area contributed by atoms with Gasteiger partial charge in [0.2, 0.25) is 0 Å². The van der Waals surface area contributed by atoms with E-state index in [0.29, 0.717) is 19.4 Å². The van der Waals surface area contributed by atoms with Gasteiger partial charge in [-0.25, -0.2) is 4.98 Å². The molecule has 0 saturated carbocycles. The van der Waals surface area contributed by atoms with Gasteiger partial charge in [-0.2, -0.15) is 0 Å². The number of carbonyl (C=O) groups excluding carboxylic acids is 1. The van der Waals surface area contributed by atoms with Crippen LogP contribution in [0.15, 0.2) is 21.9 Å². The summed E-state index contributed by atoms with van der Waals surface area (Å²) in [6.45, 7) is 2.52. The van der Waals surface area contributed by atoms with Crippen molar-refractivity contribution >= 4 is 22.4 Å². The Morgan fingerprint density at radius 1 is 1.53 bits per heavy atom. The molecule has 0 atom stereocenters. The van der Waals surface area contributed by atoms with Crippen molar-refractivity contribution in [3.05, 3.63) is 34.7 Å². The molecule has 0 aromatic carbocycles. The summed E-state index contributed by atoms with van der Waals surface area (Å²) in [5.41, 5.74) is 0.897. The summed E-state index contributed by atoms with van der Waals surface area (Å²) >= 11 is 1.52. The molecule has 2 rings (SSSR count). The quantitative estimate of drug-likeness (QED) is 0.824. The highest BCUT2D eigenvalue weighted by atomic mass is 32.1. The number of furan rings is 1. The molecular formula is C13H16N2O3S. The second kappa shape index (κ2) is 6.38. The molecule has 0 unspecified atom stereocenters. The zero-order chi connectivity index (χ0) is 13.7. The van der Waals surface area contributed by atoms with Gasteiger partial charge in [0, 0.05) is 11.8 Å². The highest BCUT2D eigenvalue weighted by Crippen LogP contribution is 2.18. The molecule has 0 saturated heterocycles. The van der Waals surface area contributed by atoms with Crippen LogP contribution in [0, 0.1) is 6.92 Å². The molecule has 2 aromatic rings. The molecule has 6 heteroatoms. The Hall–Kier alpha value is -1.82. The molecule has 19 heavy (non-hydrogen) atoms. The average Bonchev–Trinajstić information content (AvgIpc) is 3.02. The number of thiazole rings is 1. The predicted molar refractivity (Wildman–Crippen MR) is 73.2 cm³/mol. The standard InChI is InChI=1S/C13H16N2O3S/c1-9-3-5-11(18-9)7-14-13-15-10(8-19-13)4-6-12(16)17-2/h3,5,8H,4,6-7H2,1-2H3,(H,14,15). The number of aromatic nitrogens is 1. The van der Waals surface area contributed by atoms with Gasteiger partial charge in [-0.1, -0.05) is 0 Å². The van der Waals surface area contributed by atoms with Gasteiger partial charge in [0.05, 0.1) is 25.8 Å². The number of anilines is 1. The van der Waals surface area contributed by atoms with Crippen molar-refractivity contribution in [2.75, 3.05) is 12.4 Å². The molecular weight excluding hydrogens is 264 g/mol. The van der Waals surface area contributed by atoms with Crippen LogP contribution in [-0.4, -0.2) is 18.1 Å². The van der Waals surface area contributed by atoms with Crippen molar-refractivity contribution in [2.45, 2.75) is 26.3 Å². The molecule has 102 valence electrons. The number of nitrogens with zero attached hydrogens (tertiary/aromatic N) is 1. The third-order valence-electron chi connectivity index (χ3n) is 2.57.